The molecule has 86 valence electrons. The van der Waals surface area contributed by atoms with E-state index in [4.69, 9.17) is 0 Å². The first-order valence-corrected chi connectivity index (χ1v) is 5.87. The van der Waals surface area contributed by atoms with Crippen LogP contribution in [0.2, 0.25) is 0 Å². The van der Waals surface area contributed by atoms with Gasteiger partial charge in [0.05, 0.1) is 0 Å². The van der Waals surface area contributed by atoms with Crippen LogP contribution in [0.3, 0.4) is 0 Å². The number of hydrogen-bond donors (Lipinski definition) is 1. The van der Waals surface area contributed by atoms with Gasteiger partial charge in [0, 0.05) is 37.9 Å². The average Bonchev–Trinajstić information content (AvgIpc) is 2.75. The maximum atomic E-state index is 11.2. The molecule has 0 bridgehead atoms. The fourth-order valence-corrected chi connectivity index (χ4v) is 2.70. The molecule has 2 saturated heterocycles. The Morgan fingerprint density at radius 1 is 1.38 bits per heavy atom. The molecule has 1 N–H and O–H groups in total. The number of hydrogen-bond acceptors (Lipinski definition) is 4. The van der Waals surface area contributed by atoms with Crippen molar-refractivity contribution in [2.24, 2.45) is 0 Å². The highest BCUT2D eigenvalue weighted by Gasteiger charge is 2.31. The van der Waals surface area contributed by atoms with Gasteiger partial charge in [-0.3, -0.25) is 14.7 Å². The lowest BCUT2D eigenvalue weighted by atomic mass is 10.2. The number of H-pyrrole nitrogens is 1. The van der Waals surface area contributed by atoms with Gasteiger partial charge in [0.15, 0.2) is 0 Å². The summed E-state index contributed by atoms with van der Waals surface area (Å²) >= 11 is 0. The van der Waals surface area contributed by atoms with Crippen molar-refractivity contribution < 1.29 is 0 Å². The first-order valence-electron chi connectivity index (χ1n) is 5.87. The van der Waals surface area contributed by atoms with Gasteiger partial charge in [-0.15, -0.1) is 0 Å². The number of aromatic nitrogens is 2. The maximum absolute atomic E-state index is 11.2. The maximum Gasteiger partial charge on any atom is 0.252 e. The van der Waals surface area contributed by atoms with Crippen LogP contribution in [0, 0.1) is 0 Å². The van der Waals surface area contributed by atoms with Gasteiger partial charge in [0.1, 0.15) is 0 Å². The fraction of sp³-hybridized carbons (Fsp3) is 0.636. The zero-order valence-corrected chi connectivity index (χ0v) is 9.22. The third kappa shape index (κ3) is 1.71. The predicted molar refractivity (Wildman–Crippen MR) is 61.7 cm³/mol. The van der Waals surface area contributed by atoms with Crippen molar-refractivity contribution in [3.63, 3.8) is 0 Å². The molecule has 0 unspecified atom stereocenters. The van der Waals surface area contributed by atoms with E-state index in [2.05, 4.69) is 19.8 Å². The molecule has 5 nitrogen and oxygen atoms in total. The minimum absolute atomic E-state index is 0.0705. The summed E-state index contributed by atoms with van der Waals surface area (Å²) in [5.41, 5.74) is -0.0705. The van der Waals surface area contributed by atoms with Crippen LogP contribution in [0.4, 0.5) is 5.95 Å². The number of anilines is 1. The number of rotatable bonds is 1. The lowest BCUT2D eigenvalue weighted by Crippen LogP contribution is -2.50. The highest BCUT2D eigenvalue weighted by molar-refractivity contribution is 5.30. The van der Waals surface area contributed by atoms with Crippen molar-refractivity contribution in [2.45, 2.75) is 18.9 Å². The summed E-state index contributed by atoms with van der Waals surface area (Å²) in [5, 5.41) is 0. The topological polar surface area (TPSA) is 52.2 Å². The smallest absolute Gasteiger partial charge is 0.252 e. The molecule has 0 radical (unpaired) electrons. The highest BCUT2D eigenvalue weighted by atomic mass is 16.1. The van der Waals surface area contributed by atoms with Gasteiger partial charge in [-0.1, -0.05) is 0 Å². The Morgan fingerprint density at radius 3 is 3.19 bits per heavy atom. The first kappa shape index (κ1) is 9.84. The monoisotopic (exact) mass is 220 g/mol. The van der Waals surface area contributed by atoms with Gasteiger partial charge in [0.2, 0.25) is 5.95 Å². The van der Waals surface area contributed by atoms with Crippen LogP contribution in [-0.4, -0.2) is 47.1 Å². The molecule has 1 aromatic rings. The first-order chi connectivity index (χ1) is 7.83. The highest BCUT2D eigenvalue weighted by Crippen LogP contribution is 2.22. The summed E-state index contributed by atoms with van der Waals surface area (Å²) in [4.78, 5) is 23.0. The van der Waals surface area contributed by atoms with E-state index in [-0.39, 0.29) is 5.56 Å². The van der Waals surface area contributed by atoms with Crippen molar-refractivity contribution in [2.75, 3.05) is 31.1 Å². The van der Waals surface area contributed by atoms with Crippen molar-refractivity contribution in [1.82, 2.24) is 14.9 Å². The Balaban J connectivity index is 1.79. The zero-order chi connectivity index (χ0) is 11.0. The van der Waals surface area contributed by atoms with E-state index in [1.54, 1.807) is 6.20 Å². The molecule has 1 atom stereocenters. The van der Waals surface area contributed by atoms with E-state index in [0.717, 1.165) is 25.6 Å². The van der Waals surface area contributed by atoms with E-state index < -0.39 is 0 Å². The summed E-state index contributed by atoms with van der Waals surface area (Å²) in [6.45, 7) is 4.27. The van der Waals surface area contributed by atoms with Gasteiger partial charge in [-0.2, -0.15) is 0 Å². The summed E-state index contributed by atoms with van der Waals surface area (Å²) in [6, 6.07) is 2.11. The average molecular weight is 220 g/mol. The SMILES string of the molecule is O=c1ccnc(N2CCN3CCC[C@@H]3C2)[nH]1. The second-order valence-corrected chi connectivity index (χ2v) is 4.54. The molecule has 0 saturated carbocycles. The molecular formula is C11H16N4O. The van der Waals surface area contributed by atoms with Gasteiger partial charge in [0.25, 0.3) is 5.56 Å². The predicted octanol–water partition coefficient (Wildman–Crippen LogP) is 0.0543. The van der Waals surface area contributed by atoms with E-state index >= 15 is 0 Å². The molecule has 16 heavy (non-hydrogen) atoms. The van der Waals surface area contributed by atoms with Crippen molar-refractivity contribution in [3.8, 4) is 0 Å². The van der Waals surface area contributed by atoms with Gasteiger partial charge in [-0.05, 0) is 19.4 Å². The largest absolute Gasteiger partial charge is 0.339 e. The Hall–Kier alpha value is -1.36. The summed E-state index contributed by atoms with van der Waals surface area (Å²) < 4.78 is 0. The van der Waals surface area contributed by atoms with Crippen LogP contribution in [0.5, 0.6) is 0 Å². The second kappa shape index (κ2) is 3.90. The van der Waals surface area contributed by atoms with Crippen molar-refractivity contribution in [3.05, 3.63) is 22.6 Å². The minimum Gasteiger partial charge on any atom is -0.339 e. The van der Waals surface area contributed by atoms with Crippen LogP contribution < -0.4 is 10.5 Å². The van der Waals surface area contributed by atoms with E-state index in [0.29, 0.717) is 6.04 Å². The van der Waals surface area contributed by atoms with Gasteiger partial charge < -0.3 is 4.90 Å². The second-order valence-electron chi connectivity index (χ2n) is 4.54. The van der Waals surface area contributed by atoms with Crippen LogP contribution in [0.25, 0.3) is 0 Å². The molecule has 2 aliphatic heterocycles. The summed E-state index contributed by atoms with van der Waals surface area (Å²) in [5.74, 6) is 0.721. The normalized spacial score (nSPS) is 25.8. The lowest BCUT2D eigenvalue weighted by molar-refractivity contribution is 0.229. The van der Waals surface area contributed by atoms with E-state index in [1.165, 1.54) is 25.5 Å². The quantitative estimate of drug-likeness (QED) is 0.727. The van der Waals surface area contributed by atoms with Crippen LogP contribution in [0.1, 0.15) is 12.8 Å². The number of nitrogens with one attached hydrogen (secondary N) is 1. The Morgan fingerprint density at radius 2 is 2.31 bits per heavy atom. The molecule has 0 aromatic carbocycles. The van der Waals surface area contributed by atoms with Crippen LogP contribution >= 0.6 is 0 Å². The number of piperazine rings is 1. The zero-order valence-electron chi connectivity index (χ0n) is 9.22. The Labute approximate surface area is 94.1 Å². The van der Waals surface area contributed by atoms with Crippen LogP contribution in [0.15, 0.2) is 17.1 Å². The molecule has 3 heterocycles. The van der Waals surface area contributed by atoms with Gasteiger partial charge >= 0.3 is 0 Å². The van der Waals surface area contributed by atoms with Crippen molar-refractivity contribution >= 4 is 5.95 Å². The molecule has 0 amide bonds. The number of nitrogens with zero attached hydrogens (tertiary/aromatic N) is 3. The molecule has 2 fully saturated rings. The molecule has 3 rings (SSSR count). The molecular weight excluding hydrogens is 204 g/mol. The number of aromatic amines is 1. The minimum atomic E-state index is -0.0705. The molecule has 2 aliphatic rings. The third-order valence-corrected chi connectivity index (χ3v) is 3.54. The lowest BCUT2D eigenvalue weighted by Gasteiger charge is -2.37. The molecule has 0 aliphatic carbocycles. The van der Waals surface area contributed by atoms with Gasteiger partial charge in [-0.25, -0.2) is 4.98 Å². The van der Waals surface area contributed by atoms with Crippen molar-refractivity contribution in [1.29, 1.82) is 0 Å². The molecule has 0 spiro atoms. The summed E-state index contributed by atoms with van der Waals surface area (Å²) in [6.07, 6.45) is 4.15. The third-order valence-electron chi connectivity index (χ3n) is 3.54. The molecule has 1 aromatic heterocycles. The Bertz CT molecular complexity index is 430. The molecule has 5 heteroatoms. The number of fused-ring (bicyclic) bond motifs is 1. The van der Waals surface area contributed by atoms with E-state index in [9.17, 15) is 4.79 Å². The Kier molecular flexibility index (Phi) is 2.40. The van der Waals surface area contributed by atoms with Crippen LogP contribution in [-0.2, 0) is 0 Å². The van der Waals surface area contributed by atoms with E-state index in [1.807, 2.05) is 0 Å². The summed E-state index contributed by atoms with van der Waals surface area (Å²) in [7, 11) is 0. The fourth-order valence-electron chi connectivity index (χ4n) is 2.70. The standard InChI is InChI=1S/C11H16N4O/c16-10-3-4-12-11(13-10)15-7-6-14-5-1-2-9(14)8-15/h3-4,9H,1-2,5-8H2,(H,12,13,16)/t9-/m1/s1.